The summed E-state index contributed by atoms with van der Waals surface area (Å²) in [6.07, 6.45) is 0.0477. The summed E-state index contributed by atoms with van der Waals surface area (Å²) in [6, 6.07) is 10.7. The van der Waals surface area contributed by atoms with E-state index >= 15 is 0 Å². The van der Waals surface area contributed by atoms with Gasteiger partial charge in [-0.1, -0.05) is 29.4 Å². The molecule has 0 saturated carbocycles. The van der Waals surface area contributed by atoms with Crippen LogP contribution < -0.4 is 14.8 Å². The minimum Gasteiger partial charge on any atom is -0.454 e. The molecule has 0 bridgehead atoms. The van der Waals surface area contributed by atoms with Crippen LogP contribution in [-0.4, -0.2) is 40.5 Å². The second-order valence-corrected chi connectivity index (χ2v) is 8.36. The molecule has 2 aliphatic rings. The minimum absolute atomic E-state index is 0.0477. The third-order valence-electron chi connectivity index (χ3n) is 4.83. The number of hydrogen-bond donors (Lipinski definition) is 1. The lowest BCUT2D eigenvalue weighted by Crippen LogP contribution is -2.33. The quantitative estimate of drug-likeness (QED) is 0.739. The smallest absolute Gasteiger partial charge is 0.242 e. The van der Waals surface area contributed by atoms with Gasteiger partial charge in [0.15, 0.2) is 16.7 Å². The van der Waals surface area contributed by atoms with Gasteiger partial charge in [-0.3, -0.25) is 14.5 Å². The zero-order chi connectivity index (χ0) is 21.3. The van der Waals surface area contributed by atoms with Crippen LogP contribution in [0.2, 0.25) is 5.02 Å². The zero-order valence-electron chi connectivity index (χ0n) is 16.5. The number of anilines is 1. The van der Waals surface area contributed by atoms with Crippen LogP contribution in [0.25, 0.3) is 0 Å². The highest BCUT2D eigenvalue weighted by Gasteiger charge is 2.38. The summed E-state index contributed by atoms with van der Waals surface area (Å²) in [5.74, 6) is 0.931. The SMILES string of the molecule is CCN1C(=O)C(CC(=O)Nc2cccc(Cl)c2C)SC1=Nc1ccc2c(c1)OCO2. The molecule has 0 aromatic heterocycles. The highest BCUT2D eigenvalue weighted by molar-refractivity contribution is 8.15. The number of amides is 2. The summed E-state index contributed by atoms with van der Waals surface area (Å²) in [4.78, 5) is 31.6. The standard InChI is InChI=1S/C21H20ClN3O4S/c1-3-25-20(27)18(10-19(26)24-15-6-4-5-14(22)12(15)2)30-21(25)23-13-7-8-16-17(9-13)29-11-28-16/h4-9,18H,3,10-11H2,1-2H3,(H,24,26). The van der Waals surface area contributed by atoms with Crippen LogP contribution in [-0.2, 0) is 9.59 Å². The maximum absolute atomic E-state index is 12.8. The molecule has 9 heteroatoms. The summed E-state index contributed by atoms with van der Waals surface area (Å²) in [5, 5.41) is 3.46. The normalized spacial score (nSPS) is 18.9. The molecule has 0 radical (unpaired) electrons. The summed E-state index contributed by atoms with van der Waals surface area (Å²) >= 11 is 7.40. The molecule has 1 N–H and O–H groups in total. The average molecular weight is 446 g/mol. The van der Waals surface area contributed by atoms with Gasteiger partial charge in [-0.05, 0) is 43.7 Å². The molecule has 1 fully saturated rings. The van der Waals surface area contributed by atoms with E-state index in [0.29, 0.717) is 39.6 Å². The molecule has 1 unspecified atom stereocenters. The second kappa shape index (κ2) is 8.57. The van der Waals surface area contributed by atoms with Crippen molar-refractivity contribution in [3.05, 3.63) is 47.0 Å². The molecule has 4 rings (SSSR count). The summed E-state index contributed by atoms with van der Waals surface area (Å²) in [7, 11) is 0. The molecule has 2 heterocycles. The fraction of sp³-hybridized carbons (Fsp3) is 0.286. The summed E-state index contributed by atoms with van der Waals surface area (Å²) in [5.41, 5.74) is 2.09. The number of aliphatic imine (C=N–C) groups is 1. The molecular formula is C21H20ClN3O4S. The molecule has 2 amide bonds. The van der Waals surface area contributed by atoms with Gasteiger partial charge in [0.05, 0.1) is 5.69 Å². The third-order valence-corrected chi connectivity index (χ3v) is 6.41. The van der Waals surface area contributed by atoms with Gasteiger partial charge in [-0.25, -0.2) is 4.99 Å². The van der Waals surface area contributed by atoms with Crippen molar-refractivity contribution >= 4 is 51.7 Å². The van der Waals surface area contributed by atoms with Gasteiger partial charge in [-0.15, -0.1) is 0 Å². The number of rotatable bonds is 5. The van der Waals surface area contributed by atoms with Crippen LogP contribution in [0.1, 0.15) is 18.9 Å². The Morgan fingerprint density at radius 3 is 2.90 bits per heavy atom. The Morgan fingerprint density at radius 2 is 2.10 bits per heavy atom. The van der Waals surface area contributed by atoms with Crippen LogP contribution in [0.4, 0.5) is 11.4 Å². The zero-order valence-corrected chi connectivity index (χ0v) is 18.0. The molecule has 2 aliphatic heterocycles. The lowest BCUT2D eigenvalue weighted by atomic mass is 10.2. The predicted octanol–water partition coefficient (Wildman–Crippen LogP) is 4.36. The van der Waals surface area contributed by atoms with Crippen LogP contribution in [0, 0.1) is 6.92 Å². The number of nitrogens with zero attached hydrogens (tertiary/aromatic N) is 2. The van der Waals surface area contributed by atoms with Gasteiger partial charge >= 0.3 is 0 Å². The number of fused-ring (bicyclic) bond motifs is 1. The Bertz CT molecular complexity index is 1040. The largest absolute Gasteiger partial charge is 0.454 e. The first kappa shape index (κ1) is 20.6. The number of benzene rings is 2. The first-order valence-electron chi connectivity index (χ1n) is 9.47. The van der Waals surface area contributed by atoms with Crippen molar-refractivity contribution in [3.63, 3.8) is 0 Å². The van der Waals surface area contributed by atoms with Crippen LogP contribution in [0.5, 0.6) is 11.5 Å². The van der Waals surface area contributed by atoms with Crippen molar-refractivity contribution in [2.45, 2.75) is 25.5 Å². The Kier molecular flexibility index (Phi) is 5.87. The fourth-order valence-corrected chi connectivity index (χ4v) is 4.59. The molecule has 1 atom stereocenters. The monoisotopic (exact) mass is 445 g/mol. The van der Waals surface area contributed by atoms with E-state index in [0.717, 1.165) is 5.56 Å². The van der Waals surface area contributed by atoms with Crippen molar-refractivity contribution in [2.24, 2.45) is 4.99 Å². The number of amidine groups is 1. The highest BCUT2D eigenvalue weighted by atomic mass is 35.5. The van der Waals surface area contributed by atoms with E-state index in [1.165, 1.54) is 11.8 Å². The molecule has 30 heavy (non-hydrogen) atoms. The molecule has 2 aromatic carbocycles. The number of nitrogens with one attached hydrogen (secondary N) is 1. The summed E-state index contributed by atoms with van der Waals surface area (Å²) in [6.45, 7) is 4.38. The highest BCUT2D eigenvalue weighted by Crippen LogP contribution is 2.37. The van der Waals surface area contributed by atoms with Gasteiger partial charge in [0.1, 0.15) is 5.25 Å². The summed E-state index contributed by atoms with van der Waals surface area (Å²) < 4.78 is 10.7. The van der Waals surface area contributed by atoms with Crippen molar-refractivity contribution in [1.29, 1.82) is 0 Å². The van der Waals surface area contributed by atoms with Crippen LogP contribution in [0.3, 0.4) is 0 Å². The molecule has 1 saturated heterocycles. The molecule has 156 valence electrons. The molecule has 2 aromatic rings. The Balaban J connectivity index is 1.48. The van der Waals surface area contributed by atoms with Crippen molar-refractivity contribution in [1.82, 2.24) is 4.90 Å². The van der Waals surface area contributed by atoms with E-state index in [1.807, 2.05) is 13.8 Å². The number of halogens is 1. The van der Waals surface area contributed by atoms with Gasteiger partial charge in [-0.2, -0.15) is 0 Å². The van der Waals surface area contributed by atoms with Crippen LogP contribution in [0.15, 0.2) is 41.4 Å². The number of thioether (sulfide) groups is 1. The average Bonchev–Trinajstić information content (AvgIpc) is 3.29. The lowest BCUT2D eigenvalue weighted by Gasteiger charge is -2.13. The molecule has 7 nitrogen and oxygen atoms in total. The lowest BCUT2D eigenvalue weighted by molar-refractivity contribution is -0.128. The van der Waals surface area contributed by atoms with E-state index < -0.39 is 5.25 Å². The maximum atomic E-state index is 12.8. The Hall–Kier alpha value is -2.71. The minimum atomic E-state index is -0.530. The fourth-order valence-electron chi connectivity index (χ4n) is 3.19. The topological polar surface area (TPSA) is 80.2 Å². The van der Waals surface area contributed by atoms with E-state index in [9.17, 15) is 9.59 Å². The van der Waals surface area contributed by atoms with E-state index in [-0.39, 0.29) is 25.0 Å². The van der Waals surface area contributed by atoms with E-state index in [1.54, 1.807) is 41.3 Å². The second-order valence-electron chi connectivity index (χ2n) is 6.79. The number of carbonyl (C=O) groups is 2. The van der Waals surface area contributed by atoms with Gasteiger partial charge < -0.3 is 14.8 Å². The van der Waals surface area contributed by atoms with Gasteiger partial charge in [0.25, 0.3) is 0 Å². The van der Waals surface area contributed by atoms with Gasteiger partial charge in [0.2, 0.25) is 18.6 Å². The van der Waals surface area contributed by atoms with E-state index in [2.05, 4.69) is 10.3 Å². The molecule has 0 spiro atoms. The Morgan fingerprint density at radius 1 is 1.30 bits per heavy atom. The van der Waals surface area contributed by atoms with Crippen molar-refractivity contribution < 1.29 is 19.1 Å². The van der Waals surface area contributed by atoms with E-state index in [4.69, 9.17) is 21.1 Å². The third kappa shape index (κ3) is 4.11. The van der Waals surface area contributed by atoms with Crippen molar-refractivity contribution in [2.75, 3.05) is 18.7 Å². The maximum Gasteiger partial charge on any atom is 0.242 e. The van der Waals surface area contributed by atoms with Crippen LogP contribution >= 0.6 is 23.4 Å². The number of carbonyl (C=O) groups excluding carboxylic acids is 2. The predicted molar refractivity (Wildman–Crippen MR) is 118 cm³/mol. The van der Waals surface area contributed by atoms with Crippen molar-refractivity contribution in [3.8, 4) is 11.5 Å². The van der Waals surface area contributed by atoms with Gasteiger partial charge in [0, 0.05) is 29.7 Å². The Labute approximate surface area is 183 Å². The number of ether oxygens (including phenoxy) is 2. The molecule has 0 aliphatic carbocycles. The first-order chi connectivity index (χ1) is 14.5. The number of hydrogen-bond acceptors (Lipinski definition) is 6. The first-order valence-corrected chi connectivity index (χ1v) is 10.7. The molecular weight excluding hydrogens is 426 g/mol.